The molecular formula is C20H17ClF3N3O2S. The van der Waals surface area contributed by atoms with Gasteiger partial charge < -0.3 is 5.32 Å². The molecule has 2 amide bonds. The Kier molecular flexibility index (Phi) is 6.72. The summed E-state index contributed by atoms with van der Waals surface area (Å²) >= 11 is 6.96. The second-order valence-corrected chi connectivity index (χ2v) is 7.97. The lowest BCUT2D eigenvalue weighted by Crippen LogP contribution is -2.31. The van der Waals surface area contributed by atoms with Crippen LogP contribution in [0.1, 0.15) is 18.9 Å². The molecule has 0 spiro atoms. The van der Waals surface area contributed by atoms with Gasteiger partial charge in [0.2, 0.25) is 11.8 Å². The van der Waals surface area contributed by atoms with E-state index in [0.29, 0.717) is 17.3 Å². The number of imide groups is 1. The summed E-state index contributed by atoms with van der Waals surface area (Å²) < 4.78 is 38.8. The number of hydrogen-bond acceptors (Lipinski definition) is 4. The Bertz CT molecular complexity index is 997. The molecule has 5 nitrogen and oxygen atoms in total. The van der Waals surface area contributed by atoms with Crippen molar-refractivity contribution < 1.29 is 22.8 Å². The lowest BCUT2D eigenvalue weighted by Gasteiger charge is -2.16. The minimum Gasteiger partial charge on any atom is -0.335 e. The van der Waals surface area contributed by atoms with Gasteiger partial charge in [-0.2, -0.15) is 13.2 Å². The Hall–Kier alpha value is -2.52. The Morgan fingerprint density at radius 2 is 1.97 bits per heavy atom. The molecule has 158 valence electrons. The number of thioether (sulfide) groups is 1. The number of rotatable bonds is 4. The maximum absolute atomic E-state index is 12.9. The zero-order valence-electron chi connectivity index (χ0n) is 15.7. The summed E-state index contributed by atoms with van der Waals surface area (Å²) in [6.07, 6.45) is -4.53. The average Bonchev–Trinajstić information content (AvgIpc) is 2.94. The van der Waals surface area contributed by atoms with Crippen LogP contribution in [-0.2, 0) is 15.8 Å². The second kappa shape index (κ2) is 9.09. The number of nitrogens with zero attached hydrogens (tertiary/aromatic N) is 2. The van der Waals surface area contributed by atoms with Crippen molar-refractivity contribution in [2.24, 2.45) is 4.99 Å². The number of carbonyl (C=O) groups excluding carboxylic acids is 2. The summed E-state index contributed by atoms with van der Waals surface area (Å²) in [6, 6.07) is 11.1. The van der Waals surface area contributed by atoms with E-state index >= 15 is 0 Å². The third-order valence-corrected chi connectivity index (χ3v) is 5.51. The first-order valence-electron chi connectivity index (χ1n) is 8.96. The Balaban J connectivity index is 1.77. The summed E-state index contributed by atoms with van der Waals surface area (Å²) in [5.41, 5.74) is -0.235. The van der Waals surface area contributed by atoms with Gasteiger partial charge in [0.15, 0.2) is 5.17 Å². The van der Waals surface area contributed by atoms with Crippen molar-refractivity contribution in [3.63, 3.8) is 0 Å². The van der Waals surface area contributed by atoms with Gasteiger partial charge >= 0.3 is 6.18 Å². The number of amides is 2. The highest BCUT2D eigenvalue weighted by atomic mass is 35.5. The SMILES string of the molecule is CCN=C(Nc1cccc(C(F)(F)F)c1)S[C@@H]1CC(=O)N(c2cccc(Cl)c2)C1=O. The van der Waals surface area contributed by atoms with E-state index in [4.69, 9.17) is 11.6 Å². The predicted molar refractivity (Wildman–Crippen MR) is 113 cm³/mol. The van der Waals surface area contributed by atoms with Gasteiger partial charge in [0.1, 0.15) is 5.25 Å². The van der Waals surface area contributed by atoms with E-state index < -0.39 is 22.9 Å². The van der Waals surface area contributed by atoms with Crippen molar-refractivity contribution in [1.82, 2.24) is 0 Å². The van der Waals surface area contributed by atoms with Crippen molar-refractivity contribution in [2.75, 3.05) is 16.8 Å². The lowest BCUT2D eigenvalue weighted by atomic mass is 10.2. The summed E-state index contributed by atoms with van der Waals surface area (Å²) in [6.45, 7) is 2.11. The molecule has 0 saturated carbocycles. The largest absolute Gasteiger partial charge is 0.416 e. The summed E-state index contributed by atoms with van der Waals surface area (Å²) in [7, 11) is 0. The van der Waals surface area contributed by atoms with Crippen molar-refractivity contribution >= 4 is 51.7 Å². The second-order valence-electron chi connectivity index (χ2n) is 6.34. The maximum atomic E-state index is 12.9. The average molecular weight is 456 g/mol. The van der Waals surface area contributed by atoms with Crippen LogP contribution in [0.4, 0.5) is 24.5 Å². The van der Waals surface area contributed by atoms with E-state index in [1.54, 1.807) is 25.1 Å². The fourth-order valence-electron chi connectivity index (χ4n) is 2.86. The lowest BCUT2D eigenvalue weighted by molar-refractivity contribution is -0.137. The minimum absolute atomic E-state index is 0.0526. The number of nitrogens with one attached hydrogen (secondary N) is 1. The van der Waals surface area contributed by atoms with Crippen LogP contribution in [0, 0.1) is 0 Å². The van der Waals surface area contributed by atoms with Crippen molar-refractivity contribution in [3.8, 4) is 0 Å². The van der Waals surface area contributed by atoms with E-state index in [1.807, 2.05) is 0 Å². The Morgan fingerprint density at radius 1 is 1.23 bits per heavy atom. The monoisotopic (exact) mass is 455 g/mol. The van der Waals surface area contributed by atoms with Crippen LogP contribution in [0.25, 0.3) is 0 Å². The molecule has 1 fully saturated rings. The normalized spacial score (nSPS) is 17.6. The van der Waals surface area contributed by atoms with Crippen LogP contribution >= 0.6 is 23.4 Å². The molecule has 2 aromatic carbocycles. The first kappa shape index (κ1) is 22.2. The summed E-state index contributed by atoms with van der Waals surface area (Å²) in [4.78, 5) is 30.5. The van der Waals surface area contributed by atoms with E-state index in [9.17, 15) is 22.8 Å². The molecule has 1 heterocycles. The topological polar surface area (TPSA) is 61.8 Å². The van der Waals surface area contributed by atoms with E-state index in [1.165, 1.54) is 18.2 Å². The van der Waals surface area contributed by atoms with Crippen molar-refractivity contribution in [1.29, 1.82) is 0 Å². The van der Waals surface area contributed by atoms with Gasteiger partial charge in [-0.3, -0.25) is 14.6 Å². The number of halogens is 4. The highest BCUT2D eigenvalue weighted by Crippen LogP contribution is 2.33. The third kappa shape index (κ3) is 5.14. The van der Waals surface area contributed by atoms with Crippen LogP contribution in [0.5, 0.6) is 0 Å². The van der Waals surface area contributed by atoms with Crippen molar-refractivity contribution in [3.05, 3.63) is 59.1 Å². The van der Waals surface area contributed by atoms with Crippen molar-refractivity contribution in [2.45, 2.75) is 24.8 Å². The minimum atomic E-state index is -4.47. The van der Waals surface area contributed by atoms with Gasteiger partial charge in [0.05, 0.1) is 11.3 Å². The molecule has 0 unspecified atom stereocenters. The number of hydrogen-bond donors (Lipinski definition) is 1. The zero-order valence-corrected chi connectivity index (χ0v) is 17.3. The standard InChI is InChI=1S/C20H17ClF3N3O2S/c1-2-25-19(26-14-7-3-5-12(9-14)20(22,23)24)30-16-11-17(28)27(18(16)29)15-8-4-6-13(21)10-15/h3-10,16H,2,11H2,1H3,(H,25,26)/t16-/m1/s1. The highest BCUT2D eigenvalue weighted by Gasteiger charge is 2.41. The molecule has 0 bridgehead atoms. The van der Waals surface area contributed by atoms with Gasteiger partial charge in [0.25, 0.3) is 0 Å². The molecular weight excluding hydrogens is 439 g/mol. The molecule has 10 heteroatoms. The van der Waals surface area contributed by atoms with E-state index in [-0.39, 0.29) is 23.2 Å². The molecule has 0 aromatic heterocycles. The molecule has 1 atom stereocenters. The molecule has 1 aliphatic rings. The molecule has 0 radical (unpaired) electrons. The van der Waals surface area contributed by atoms with Gasteiger partial charge in [-0.05, 0) is 43.3 Å². The van der Waals surface area contributed by atoms with Gasteiger partial charge in [-0.15, -0.1) is 0 Å². The molecule has 30 heavy (non-hydrogen) atoms. The van der Waals surface area contributed by atoms with Crippen LogP contribution in [0.3, 0.4) is 0 Å². The molecule has 1 aliphatic heterocycles. The maximum Gasteiger partial charge on any atom is 0.416 e. The number of anilines is 2. The fraction of sp³-hybridized carbons (Fsp3) is 0.250. The fourth-order valence-corrected chi connectivity index (χ4v) is 4.13. The van der Waals surface area contributed by atoms with Gasteiger partial charge in [-0.25, -0.2) is 4.90 Å². The zero-order chi connectivity index (χ0) is 21.9. The summed E-state index contributed by atoms with van der Waals surface area (Å²) in [5.74, 6) is -0.809. The summed E-state index contributed by atoms with van der Waals surface area (Å²) in [5, 5.41) is 2.73. The molecule has 3 rings (SSSR count). The van der Waals surface area contributed by atoms with E-state index in [2.05, 4.69) is 10.3 Å². The molecule has 1 saturated heterocycles. The van der Waals surface area contributed by atoms with Crippen LogP contribution < -0.4 is 10.2 Å². The molecule has 2 aromatic rings. The quantitative estimate of drug-likeness (QED) is 0.390. The number of carbonyl (C=O) groups is 2. The number of benzene rings is 2. The number of amidine groups is 1. The first-order valence-corrected chi connectivity index (χ1v) is 10.2. The van der Waals surface area contributed by atoms with Gasteiger partial charge in [-0.1, -0.05) is 35.5 Å². The smallest absolute Gasteiger partial charge is 0.335 e. The van der Waals surface area contributed by atoms with Crippen LogP contribution in [-0.4, -0.2) is 28.8 Å². The van der Waals surface area contributed by atoms with Gasteiger partial charge in [0, 0.05) is 23.7 Å². The third-order valence-electron chi connectivity index (χ3n) is 4.17. The number of alkyl halides is 3. The highest BCUT2D eigenvalue weighted by molar-refractivity contribution is 8.15. The Labute approximate surface area is 180 Å². The first-order chi connectivity index (χ1) is 14.2. The Morgan fingerprint density at radius 3 is 2.63 bits per heavy atom. The predicted octanol–water partition coefficient (Wildman–Crippen LogP) is 5.21. The molecule has 1 N–H and O–H groups in total. The number of aliphatic imine (C=N–C) groups is 1. The van der Waals surface area contributed by atoms with Crippen LogP contribution in [0.2, 0.25) is 5.02 Å². The van der Waals surface area contributed by atoms with E-state index in [0.717, 1.165) is 28.8 Å². The molecule has 0 aliphatic carbocycles. The van der Waals surface area contributed by atoms with Crippen LogP contribution in [0.15, 0.2) is 53.5 Å².